The molecule has 0 aromatic heterocycles. The molecule has 0 aliphatic heterocycles. The molecule has 0 radical (unpaired) electrons. The van der Waals surface area contributed by atoms with Crippen molar-refractivity contribution in [3.8, 4) is 0 Å². The third-order valence-corrected chi connectivity index (χ3v) is 3.88. The van der Waals surface area contributed by atoms with Crippen molar-refractivity contribution >= 4 is 11.9 Å². The Hall–Kier alpha value is -0.360. The first-order valence-corrected chi connectivity index (χ1v) is 9.98. The second-order valence-electron chi connectivity index (χ2n) is 6.24. The molecule has 0 aromatic rings. The van der Waals surface area contributed by atoms with E-state index in [0.29, 0.717) is 0 Å². The van der Waals surface area contributed by atoms with Crippen LogP contribution in [-0.2, 0) is 19.3 Å². The van der Waals surface area contributed by atoms with Gasteiger partial charge in [0.1, 0.15) is 0 Å². The Balaban J connectivity index is -0.00000288. The number of unbranched alkanes of at least 4 members (excludes halogenated alkanes) is 9. The average Bonchev–Trinajstić information content (AvgIpc) is 2.62. The summed E-state index contributed by atoms with van der Waals surface area (Å²) >= 11 is 0. The van der Waals surface area contributed by atoms with Crippen molar-refractivity contribution in [2.75, 3.05) is 6.54 Å². The maximum Gasteiger partial charge on any atom is 1.00 e. The quantitative estimate of drug-likeness (QED) is 0.179. The van der Waals surface area contributed by atoms with E-state index in [1.165, 1.54) is 51.4 Å². The van der Waals surface area contributed by atoms with Gasteiger partial charge in [0, 0.05) is 18.1 Å². The molecular weight excluding hydrogens is 341 g/mol. The molecule has 0 amide bonds. The number of carbonyl (C=O) groups excluding carboxylic acids is 2. The van der Waals surface area contributed by atoms with Crippen LogP contribution in [0.2, 0.25) is 0 Å². The summed E-state index contributed by atoms with van der Waals surface area (Å²) in [6.07, 6.45) is 17.2. The number of nitrogens with zero attached hydrogens (tertiary/aromatic N) is 1. The summed E-state index contributed by atoms with van der Waals surface area (Å²) in [5, 5.41) is 0.963. The molecule has 0 rings (SSSR count). The largest absolute Gasteiger partial charge is 1.00 e. The van der Waals surface area contributed by atoms with E-state index in [1.54, 1.807) is 13.8 Å². The predicted molar refractivity (Wildman–Crippen MR) is 102 cm³/mol. The molecule has 0 N–H and O–H groups in total. The normalized spacial score (nSPS) is 10.8. The van der Waals surface area contributed by atoms with Crippen molar-refractivity contribution < 1.29 is 50.2 Å². The summed E-state index contributed by atoms with van der Waals surface area (Å²) in [5.74, 6) is -0.840. The predicted octanol–water partition coefficient (Wildman–Crippen LogP) is 2.62. The molecule has 0 heterocycles. The maximum absolute atomic E-state index is 11.3. The van der Waals surface area contributed by atoms with Crippen molar-refractivity contribution in [1.82, 2.24) is 5.23 Å². The van der Waals surface area contributed by atoms with Gasteiger partial charge in [-0.3, -0.25) is 9.59 Å². The van der Waals surface area contributed by atoms with Gasteiger partial charge >= 0.3 is 41.5 Å². The zero-order valence-electron chi connectivity index (χ0n) is 18.4. The molecule has 0 atom stereocenters. The van der Waals surface area contributed by atoms with Gasteiger partial charge < -0.3 is 11.1 Å². The number of rotatable bonds is 16. The molecule has 0 bridgehead atoms. The minimum absolute atomic E-state index is 0. The summed E-state index contributed by atoms with van der Waals surface area (Å²) in [5.41, 5.74) is 0. The third-order valence-electron chi connectivity index (χ3n) is 3.88. The number of carbonyl (C=O) groups is 2. The van der Waals surface area contributed by atoms with Gasteiger partial charge in [0.25, 0.3) is 0 Å². The van der Waals surface area contributed by atoms with Crippen molar-refractivity contribution in [3.05, 3.63) is 12.2 Å². The summed E-state index contributed by atoms with van der Waals surface area (Å²) in [7, 11) is 0. The van der Waals surface area contributed by atoms with Crippen molar-refractivity contribution in [2.24, 2.45) is 0 Å². The van der Waals surface area contributed by atoms with Crippen molar-refractivity contribution in [3.63, 3.8) is 0 Å². The molecule has 0 unspecified atom stereocenters. The number of hydrogen-bond acceptors (Lipinski definition) is 5. The fraction of sp³-hybridized carbons (Fsp3) is 0.800. The van der Waals surface area contributed by atoms with Gasteiger partial charge in [-0.15, -0.1) is 0 Å². The van der Waals surface area contributed by atoms with Gasteiger partial charge in [0.15, 0.2) is 0 Å². The second-order valence-corrected chi connectivity index (χ2v) is 6.24. The fourth-order valence-corrected chi connectivity index (χ4v) is 2.30. The van der Waals surface area contributed by atoms with Crippen LogP contribution in [0.25, 0.3) is 0 Å². The van der Waals surface area contributed by atoms with E-state index in [1.807, 2.05) is 12.2 Å². The minimum atomic E-state index is -0.420. The van der Waals surface area contributed by atoms with Crippen molar-refractivity contribution in [2.45, 2.75) is 97.8 Å². The standard InChI is InChI=1S/C20H37NO4.Na.H/c1-4-7-8-9-10-11-12-13-14-15-16-17-18-21(24-19(22)5-2)25-20(23)6-3;;/h16-17H,4-15,18H2,1-3H3;;/q;+1;-1. The van der Waals surface area contributed by atoms with E-state index in [2.05, 4.69) is 6.92 Å². The smallest absolute Gasteiger partial charge is 1.00 e. The molecule has 0 aromatic carbocycles. The van der Waals surface area contributed by atoms with Gasteiger partial charge in [-0.2, -0.15) is 0 Å². The Morgan fingerprint density at radius 3 is 1.69 bits per heavy atom. The van der Waals surface area contributed by atoms with E-state index in [4.69, 9.17) is 9.68 Å². The Labute approximate surface area is 183 Å². The molecule has 148 valence electrons. The maximum atomic E-state index is 11.3. The molecule has 0 saturated carbocycles. The number of hydrogen-bond donors (Lipinski definition) is 0. The second kappa shape index (κ2) is 20.9. The first-order chi connectivity index (χ1) is 12.1. The van der Waals surface area contributed by atoms with E-state index in [9.17, 15) is 9.59 Å². The summed E-state index contributed by atoms with van der Waals surface area (Å²) in [4.78, 5) is 32.6. The summed E-state index contributed by atoms with van der Waals surface area (Å²) in [6, 6.07) is 0. The molecule has 0 aliphatic rings. The van der Waals surface area contributed by atoms with E-state index >= 15 is 0 Å². The van der Waals surface area contributed by atoms with Gasteiger partial charge in [-0.05, 0) is 12.8 Å². The molecule has 26 heavy (non-hydrogen) atoms. The molecule has 0 fully saturated rings. The van der Waals surface area contributed by atoms with Gasteiger partial charge in [-0.25, -0.2) is 0 Å². The van der Waals surface area contributed by atoms with Crippen LogP contribution in [0.15, 0.2) is 12.2 Å². The van der Waals surface area contributed by atoms with Crippen LogP contribution < -0.4 is 29.6 Å². The van der Waals surface area contributed by atoms with Crippen LogP contribution >= 0.6 is 0 Å². The molecule has 5 nitrogen and oxygen atoms in total. The Kier molecular flexibility index (Phi) is 22.4. The SMILES string of the molecule is CCCCCCCCCCCC=CCN(OC(=O)CC)OC(=O)CC.[H-].[Na+]. The van der Waals surface area contributed by atoms with Gasteiger partial charge in [0.2, 0.25) is 0 Å². The van der Waals surface area contributed by atoms with E-state index in [-0.39, 0.29) is 50.4 Å². The monoisotopic (exact) mass is 379 g/mol. The fourth-order valence-electron chi connectivity index (χ4n) is 2.30. The number of allylic oxidation sites excluding steroid dienone is 1. The summed E-state index contributed by atoms with van der Waals surface area (Å²) in [6.45, 7) is 5.90. The van der Waals surface area contributed by atoms with Crippen LogP contribution in [0.4, 0.5) is 0 Å². The van der Waals surface area contributed by atoms with Crippen LogP contribution in [0.1, 0.15) is 99.2 Å². The van der Waals surface area contributed by atoms with Gasteiger partial charge in [-0.1, -0.05) is 84.3 Å². The summed E-state index contributed by atoms with van der Waals surface area (Å²) < 4.78 is 0. The van der Waals surface area contributed by atoms with Crippen LogP contribution in [0.3, 0.4) is 0 Å². The molecular formula is C20H38NNaO4. The van der Waals surface area contributed by atoms with E-state index in [0.717, 1.165) is 18.1 Å². The minimum Gasteiger partial charge on any atom is -1.00 e. The van der Waals surface area contributed by atoms with Crippen LogP contribution in [-0.4, -0.2) is 23.7 Å². The third kappa shape index (κ3) is 18.4. The zero-order chi connectivity index (χ0) is 18.8. The molecule has 0 saturated heterocycles. The Morgan fingerprint density at radius 2 is 1.23 bits per heavy atom. The van der Waals surface area contributed by atoms with Gasteiger partial charge in [0.05, 0.1) is 6.54 Å². The molecule has 6 heteroatoms. The van der Waals surface area contributed by atoms with E-state index < -0.39 is 11.9 Å². The Bertz CT molecular complexity index is 363. The zero-order valence-corrected chi connectivity index (χ0v) is 19.4. The molecule has 0 aliphatic carbocycles. The first-order valence-electron chi connectivity index (χ1n) is 9.98. The molecule has 0 spiro atoms. The first kappa shape index (κ1) is 27.9. The average molecular weight is 380 g/mol. The van der Waals surface area contributed by atoms with Crippen LogP contribution in [0, 0.1) is 0 Å². The topological polar surface area (TPSA) is 55.8 Å². The number of hydroxylamine groups is 2. The van der Waals surface area contributed by atoms with Crippen molar-refractivity contribution in [1.29, 1.82) is 0 Å². The van der Waals surface area contributed by atoms with Crippen LogP contribution in [0.5, 0.6) is 0 Å². The Morgan fingerprint density at radius 1 is 0.769 bits per heavy atom.